The topological polar surface area (TPSA) is 105 Å². The minimum absolute atomic E-state index is 0.108. The number of carbonyl (C=O) groups excluding carboxylic acids is 3. The highest BCUT2D eigenvalue weighted by atomic mass is 35.5. The highest BCUT2D eigenvalue weighted by Crippen LogP contribution is 2.34. The Balaban J connectivity index is 2.00. The monoisotopic (exact) mass is 552 g/mol. The molecule has 0 fully saturated rings. The molecule has 0 radical (unpaired) electrons. The smallest absolute Gasteiger partial charge is 0.248 e. The van der Waals surface area contributed by atoms with Crippen LogP contribution in [0.2, 0.25) is 5.02 Å². The highest BCUT2D eigenvalue weighted by molar-refractivity contribution is 6.31. The van der Waals surface area contributed by atoms with Gasteiger partial charge in [-0.3, -0.25) is 19.3 Å². The third kappa shape index (κ3) is 7.93. The summed E-state index contributed by atoms with van der Waals surface area (Å²) in [7, 11) is 0. The molecule has 0 aliphatic rings. The number of amides is 3. The molecule has 1 heterocycles. The van der Waals surface area contributed by atoms with E-state index in [1.807, 2.05) is 45.0 Å². The lowest BCUT2D eigenvalue weighted by molar-refractivity contribution is -0.128. The van der Waals surface area contributed by atoms with Crippen molar-refractivity contribution in [2.24, 2.45) is 0 Å². The van der Waals surface area contributed by atoms with Crippen molar-refractivity contribution in [3.8, 4) is 0 Å². The van der Waals surface area contributed by atoms with E-state index in [1.165, 1.54) is 4.90 Å². The average molecular weight is 553 g/mol. The lowest BCUT2D eigenvalue weighted by atomic mass is 9.97. The number of aromatic nitrogens is 1. The fourth-order valence-corrected chi connectivity index (χ4v) is 4.25. The zero-order chi connectivity index (χ0) is 28.7. The molecule has 208 valence electrons. The normalized spacial score (nSPS) is 12.2. The molecule has 3 rings (SSSR count). The number of nitrogens with one attached hydrogen (secondary N) is 2. The summed E-state index contributed by atoms with van der Waals surface area (Å²) < 4.78 is 4.98. The third-order valence-electron chi connectivity index (χ3n) is 6.62. The first-order valence-corrected chi connectivity index (χ1v) is 13.5. The van der Waals surface area contributed by atoms with Gasteiger partial charge in [-0.2, -0.15) is 0 Å². The molecule has 0 aliphatic carbocycles. The SMILES string of the molecule is CCC(C)(C)NC(=O)[C@@H](c1ccccc1Cl)N(C(=O)CCC(=O)Nc1cc(C)on1)c1ccc(C(C)C)cc1. The summed E-state index contributed by atoms with van der Waals surface area (Å²) >= 11 is 6.59. The molecule has 3 aromatic rings. The second kappa shape index (κ2) is 12.9. The van der Waals surface area contributed by atoms with Crippen LogP contribution in [0.25, 0.3) is 0 Å². The number of anilines is 2. The molecular formula is C30H37ClN4O4. The Morgan fingerprint density at radius 3 is 2.28 bits per heavy atom. The van der Waals surface area contributed by atoms with Gasteiger partial charge in [-0.15, -0.1) is 0 Å². The van der Waals surface area contributed by atoms with Crippen LogP contribution in [0.3, 0.4) is 0 Å². The molecule has 3 amide bonds. The van der Waals surface area contributed by atoms with Gasteiger partial charge in [0.15, 0.2) is 5.82 Å². The van der Waals surface area contributed by atoms with Gasteiger partial charge >= 0.3 is 0 Å². The molecule has 0 spiro atoms. The number of benzene rings is 2. The summed E-state index contributed by atoms with van der Waals surface area (Å²) in [6, 6.07) is 15.1. The van der Waals surface area contributed by atoms with Gasteiger partial charge in [-0.1, -0.05) is 67.9 Å². The van der Waals surface area contributed by atoms with Crippen LogP contribution in [0.1, 0.15) is 82.7 Å². The molecule has 0 bridgehead atoms. The molecule has 8 nitrogen and oxygen atoms in total. The second-order valence-electron chi connectivity index (χ2n) is 10.5. The Labute approximate surface area is 235 Å². The van der Waals surface area contributed by atoms with E-state index in [0.717, 1.165) is 5.56 Å². The number of halogens is 1. The van der Waals surface area contributed by atoms with Gasteiger partial charge in [0.05, 0.1) is 0 Å². The largest absolute Gasteiger partial charge is 0.360 e. The Hall–Kier alpha value is -3.65. The molecule has 1 atom stereocenters. The Bertz CT molecular complexity index is 1300. The maximum Gasteiger partial charge on any atom is 0.248 e. The fraction of sp³-hybridized carbons (Fsp3) is 0.400. The number of nitrogens with zero attached hydrogens (tertiary/aromatic N) is 2. The fourth-order valence-electron chi connectivity index (χ4n) is 4.01. The average Bonchev–Trinajstić information content (AvgIpc) is 3.30. The van der Waals surface area contributed by atoms with Crippen molar-refractivity contribution in [2.45, 2.75) is 78.3 Å². The standard InChI is InChI=1S/C30H37ClN4O4/c1-7-30(5,6)33-29(38)28(23-10-8-9-11-24(23)31)35(22-14-12-21(13-15-22)19(2)3)27(37)17-16-26(36)32-25-18-20(4)39-34-25/h8-15,18-19,28H,7,16-17H2,1-6H3,(H,33,38)(H,32,34,36)/t28-/m1/s1. The number of rotatable bonds is 11. The number of hydrogen-bond donors (Lipinski definition) is 2. The van der Waals surface area contributed by atoms with Gasteiger partial charge in [-0.05, 0) is 56.9 Å². The molecule has 0 saturated heterocycles. The summed E-state index contributed by atoms with van der Waals surface area (Å²) in [5.74, 6) is -0.0215. The maximum absolute atomic E-state index is 13.9. The van der Waals surface area contributed by atoms with Gasteiger partial charge in [0.25, 0.3) is 0 Å². The van der Waals surface area contributed by atoms with Crippen molar-refractivity contribution >= 4 is 40.8 Å². The van der Waals surface area contributed by atoms with Crippen molar-refractivity contribution in [3.63, 3.8) is 0 Å². The summed E-state index contributed by atoms with van der Waals surface area (Å²) in [6.07, 6.45) is 0.440. The predicted octanol–water partition coefficient (Wildman–Crippen LogP) is 6.56. The van der Waals surface area contributed by atoms with Crippen LogP contribution in [0.5, 0.6) is 0 Å². The van der Waals surface area contributed by atoms with E-state index in [1.54, 1.807) is 37.3 Å². The summed E-state index contributed by atoms with van der Waals surface area (Å²) in [6.45, 7) is 11.7. The van der Waals surface area contributed by atoms with Crippen LogP contribution in [-0.2, 0) is 14.4 Å². The van der Waals surface area contributed by atoms with Crippen LogP contribution in [0.15, 0.2) is 59.1 Å². The van der Waals surface area contributed by atoms with E-state index in [0.29, 0.717) is 34.4 Å². The van der Waals surface area contributed by atoms with Gasteiger partial charge < -0.3 is 15.2 Å². The Morgan fingerprint density at radius 2 is 1.72 bits per heavy atom. The third-order valence-corrected chi connectivity index (χ3v) is 6.96. The van der Waals surface area contributed by atoms with Crippen molar-refractivity contribution in [2.75, 3.05) is 10.2 Å². The number of hydrogen-bond acceptors (Lipinski definition) is 5. The minimum Gasteiger partial charge on any atom is -0.360 e. The van der Waals surface area contributed by atoms with Gasteiger partial charge in [-0.25, -0.2) is 0 Å². The molecule has 0 unspecified atom stereocenters. The zero-order valence-corrected chi connectivity index (χ0v) is 24.1. The lowest BCUT2D eigenvalue weighted by Crippen LogP contribution is -2.50. The molecule has 2 N–H and O–H groups in total. The van der Waals surface area contributed by atoms with Crippen molar-refractivity contribution in [1.29, 1.82) is 0 Å². The van der Waals surface area contributed by atoms with Gasteiger partial charge in [0.1, 0.15) is 11.8 Å². The molecular weight excluding hydrogens is 516 g/mol. The van der Waals surface area contributed by atoms with E-state index in [9.17, 15) is 14.4 Å². The van der Waals surface area contributed by atoms with Crippen molar-refractivity contribution < 1.29 is 18.9 Å². The Morgan fingerprint density at radius 1 is 1.05 bits per heavy atom. The first-order valence-electron chi connectivity index (χ1n) is 13.1. The lowest BCUT2D eigenvalue weighted by Gasteiger charge is -2.35. The molecule has 0 aliphatic heterocycles. The van der Waals surface area contributed by atoms with E-state index < -0.39 is 23.4 Å². The molecule has 1 aromatic heterocycles. The van der Waals surface area contributed by atoms with E-state index in [-0.39, 0.29) is 24.6 Å². The molecule has 0 saturated carbocycles. The zero-order valence-electron chi connectivity index (χ0n) is 23.4. The Kier molecular flexibility index (Phi) is 9.92. The second-order valence-corrected chi connectivity index (χ2v) is 10.9. The predicted molar refractivity (Wildman–Crippen MR) is 154 cm³/mol. The highest BCUT2D eigenvalue weighted by Gasteiger charge is 2.36. The molecule has 2 aromatic carbocycles. The first kappa shape index (κ1) is 29.9. The van der Waals surface area contributed by atoms with E-state index in [4.69, 9.17) is 16.1 Å². The van der Waals surface area contributed by atoms with Crippen molar-refractivity contribution in [1.82, 2.24) is 10.5 Å². The number of carbonyl (C=O) groups is 3. The summed E-state index contributed by atoms with van der Waals surface area (Å²) in [4.78, 5) is 41.8. The van der Waals surface area contributed by atoms with Crippen LogP contribution < -0.4 is 15.5 Å². The van der Waals surface area contributed by atoms with Crippen LogP contribution in [0, 0.1) is 6.92 Å². The van der Waals surface area contributed by atoms with Crippen LogP contribution in [-0.4, -0.2) is 28.4 Å². The molecule has 9 heteroatoms. The first-order chi connectivity index (χ1) is 18.4. The van der Waals surface area contributed by atoms with Crippen molar-refractivity contribution in [3.05, 3.63) is 76.5 Å². The van der Waals surface area contributed by atoms with Gasteiger partial charge in [0.2, 0.25) is 17.7 Å². The number of aryl methyl sites for hydroxylation is 1. The quantitative estimate of drug-likeness (QED) is 0.280. The van der Waals surface area contributed by atoms with Crippen LogP contribution in [0.4, 0.5) is 11.5 Å². The molecule has 39 heavy (non-hydrogen) atoms. The summed E-state index contributed by atoms with van der Waals surface area (Å²) in [5, 5.41) is 9.83. The van der Waals surface area contributed by atoms with E-state index >= 15 is 0 Å². The van der Waals surface area contributed by atoms with E-state index in [2.05, 4.69) is 29.6 Å². The maximum atomic E-state index is 13.9. The summed E-state index contributed by atoms with van der Waals surface area (Å²) in [5.41, 5.74) is 1.61. The minimum atomic E-state index is -1.05. The van der Waals surface area contributed by atoms with Crippen LogP contribution >= 0.6 is 11.6 Å². The van der Waals surface area contributed by atoms with Gasteiger partial charge in [0, 0.05) is 40.7 Å².